The van der Waals surface area contributed by atoms with Crippen molar-refractivity contribution in [3.05, 3.63) is 66.7 Å². The van der Waals surface area contributed by atoms with Crippen molar-refractivity contribution in [2.45, 2.75) is 9.79 Å². The zero-order chi connectivity index (χ0) is 19.8. The lowest BCUT2D eigenvalue weighted by atomic mass is 9.94. The Balaban J connectivity index is 2.27. The third kappa shape index (κ3) is 4.26. The molecule has 9 heteroatoms. The highest BCUT2D eigenvalue weighted by Crippen LogP contribution is 2.33. The Morgan fingerprint density at radius 2 is 1.15 bits per heavy atom. The van der Waals surface area contributed by atoms with Crippen LogP contribution in [0.15, 0.2) is 76.5 Å². The van der Waals surface area contributed by atoms with E-state index in [0.717, 1.165) is 5.30 Å². The summed E-state index contributed by atoms with van der Waals surface area (Å²) >= 11 is 0. The van der Waals surface area contributed by atoms with E-state index in [2.05, 4.69) is 9.24 Å². The maximum absolute atomic E-state index is 11.5. The van der Waals surface area contributed by atoms with Gasteiger partial charge in [0.05, 0.1) is 9.79 Å². The van der Waals surface area contributed by atoms with Crippen molar-refractivity contribution >= 4 is 34.8 Å². The fourth-order valence-electron chi connectivity index (χ4n) is 2.77. The van der Waals surface area contributed by atoms with E-state index in [1.54, 1.807) is 30.3 Å². The van der Waals surface area contributed by atoms with Crippen molar-refractivity contribution in [1.82, 2.24) is 0 Å². The maximum atomic E-state index is 11.5. The molecular weight excluding hydrogens is 407 g/mol. The largest absolute Gasteiger partial charge is 0.294 e. The number of benzene rings is 3. The molecule has 0 aliphatic rings. The molecular formula is C18H15O6PS2. The molecule has 0 saturated carbocycles. The van der Waals surface area contributed by atoms with Crippen LogP contribution >= 0.6 is 9.24 Å². The van der Waals surface area contributed by atoms with Gasteiger partial charge in [0.25, 0.3) is 20.2 Å². The molecule has 0 aliphatic heterocycles. The first-order chi connectivity index (χ1) is 12.6. The van der Waals surface area contributed by atoms with Gasteiger partial charge < -0.3 is 0 Å². The van der Waals surface area contributed by atoms with Crippen LogP contribution in [0.3, 0.4) is 0 Å². The van der Waals surface area contributed by atoms with Crippen molar-refractivity contribution in [3.8, 4) is 22.3 Å². The van der Waals surface area contributed by atoms with Gasteiger partial charge in [-0.1, -0.05) is 42.5 Å². The SMILES string of the molecule is O=S(=O)(O)c1cccc(-c2cccc(P)c2-c2cccc(S(=O)(=O)O)c2)c1. The van der Waals surface area contributed by atoms with Gasteiger partial charge in [-0.15, -0.1) is 9.24 Å². The third-order valence-corrected chi connectivity index (χ3v) is 6.14. The molecule has 0 spiro atoms. The summed E-state index contributed by atoms with van der Waals surface area (Å²) in [6.07, 6.45) is 0. The van der Waals surface area contributed by atoms with Gasteiger partial charge in [0.1, 0.15) is 0 Å². The second-order valence-corrected chi connectivity index (χ2v) is 9.24. The topological polar surface area (TPSA) is 109 Å². The van der Waals surface area contributed by atoms with E-state index in [9.17, 15) is 25.9 Å². The average Bonchev–Trinajstić information content (AvgIpc) is 2.60. The van der Waals surface area contributed by atoms with Gasteiger partial charge in [0.2, 0.25) is 0 Å². The molecule has 0 aromatic heterocycles. The molecule has 0 heterocycles. The zero-order valence-electron chi connectivity index (χ0n) is 13.8. The summed E-state index contributed by atoms with van der Waals surface area (Å²) in [6.45, 7) is 0. The molecule has 0 saturated heterocycles. The Bertz CT molecular complexity index is 1230. The first-order valence-corrected chi connectivity index (χ1v) is 11.1. The summed E-state index contributed by atoms with van der Waals surface area (Å²) in [4.78, 5) is -0.488. The summed E-state index contributed by atoms with van der Waals surface area (Å²) in [7, 11) is -6.19. The van der Waals surface area contributed by atoms with E-state index in [4.69, 9.17) is 0 Å². The molecule has 2 N–H and O–H groups in total. The number of rotatable bonds is 4. The van der Waals surface area contributed by atoms with E-state index < -0.39 is 20.2 Å². The highest BCUT2D eigenvalue weighted by Gasteiger charge is 2.16. The summed E-state index contributed by atoms with van der Waals surface area (Å²) in [5.41, 5.74) is 2.35. The van der Waals surface area contributed by atoms with Crippen LogP contribution in [0.4, 0.5) is 0 Å². The first kappa shape index (κ1) is 19.7. The van der Waals surface area contributed by atoms with Gasteiger partial charge in [0.15, 0.2) is 0 Å². The van der Waals surface area contributed by atoms with Crippen LogP contribution in [-0.4, -0.2) is 25.9 Å². The lowest BCUT2D eigenvalue weighted by Crippen LogP contribution is -2.03. The molecule has 1 atom stereocenters. The van der Waals surface area contributed by atoms with Crippen LogP contribution < -0.4 is 5.30 Å². The van der Waals surface area contributed by atoms with E-state index in [0.29, 0.717) is 22.3 Å². The van der Waals surface area contributed by atoms with Crippen molar-refractivity contribution in [2.75, 3.05) is 0 Å². The van der Waals surface area contributed by atoms with Gasteiger partial charge >= 0.3 is 0 Å². The van der Waals surface area contributed by atoms with Gasteiger partial charge in [-0.05, 0) is 51.8 Å². The number of hydrogen-bond acceptors (Lipinski definition) is 4. The number of hydrogen-bond donors (Lipinski definition) is 2. The summed E-state index contributed by atoms with van der Waals surface area (Å²) in [5.74, 6) is 0. The van der Waals surface area contributed by atoms with Crippen LogP contribution in [-0.2, 0) is 20.2 Å². The van der Waals surface area contributed by atoms with E-state index >= 15 is 0 Å². The van der Waals surface area contributed by atoms with Crippen molar-refractivity contribution in [2.24, 2.45) is 0 Å². The summed E-state index contributed by atoms with van der Waals surface area (Å²) in [5, 5.41) is 0.747. The van der Waals surface area contributed by atoms with Crippen LogP contribution in [0.25, 0.3) is 22.3 Å². The molecule has 0 fully saturated rings. The molecule has 0 amide bonds. The Kier molecular flexibility index (Phi) is 5.20. The van der Waals surface area contributed by atoms with Crippen LogP contribution in [0.2, 0.25) is 0 Å². The third-order valence-electron chi connectivity index (χ3n) is 3.96. The van der Waals surface area contributed by atoms with Gasteiger partial charge in [0, 0.05) is 0 Å². The molecule has 0 aliphatic carbocycles. The predicted octanol–water partition coefficient (Wildman–Crippen LogP) is 3.01. The fraction of sp³-hybridized carbons (Fsp3) is 0. The van der Waals surface area contributed by atoms with E-state index in [1.165, 1.54) is 36.4 Å². The molecule has 0 radical (unpaired) electrons. The summed E-state index contributed by atoms with van der Waals surface area (Å²) < 4.78 is 64.5. The molecule has 0 bridgehead atoms. The summed E-state index contributed by atoms with van der Waals surface area (Å²) in [6, 6.07) is 17.0. The monoisotopic (exact) mass is 422 g/mol. The molecule has 140 valence electrons. The average molecular weight is 422 g/mol. The quantitative estimate of drug-likeness (QED) is 0.494. The van der Waals surface area contributed by atoms with Gasteiger partial charge in [-0.2, -0.15) is 16.8 Å². The van der Waals surface area contributed by atoms with E-state index in [1.807, 2.05) is 0 Å². The zero-order valence-corrected chi connectivity index (χ0v) is 16.6. The smallest absolute Gasteiger partial charge is 0.282 e. The molecule has 3 rings (SSSR count). The molecule has 3 aromatic carbocycles. The van der Waals surface area contributed by atoms with Gasteiger partial charge in [-0.25, -0.2) is 0 Å². The van der Waals surface area contributed by atoms with Gasteiger partial charge in [-0.3, -0.25) is 9.11 Å². The first-order valence-electron chi connectivity index (χ1n) is 7.62. The highest BCUT2D eigenvalue weighted by molar-refractivity contribution is 7.86. The maximum Gasteiger partial charge on any atom is 0.294 e. The van der Waals surface area contributed by atoms with Crippen molar-refractivity contribution < 1.29 is 25.9 Å². The Hall–Kier alpha value is -2.09. The molecule has 6 nitrogen and oxygen atoms in total. The minimum Gasteiger partial charge on any atom is -0.282 e. The van der Waals surface area contributed by atoms with Crippen molar-refractivity contribution in [1.29, 1.82) is 0 Å². The fourth-order valence-corrected chi connectivity index (χ4v) is 4.26. The predicted molar refractivity (Wildman–Crippen MR) is 106 cm³/mol. The second kappa shape index (κ2) is 7.14. The Morgan fingerprint density at radius 1 is 0.667 bits per heavy atom. The lowest BCUT2D eigenvalue weighted by Gasteiger charge is -2.14. The Morgan fingerprint density at radius 3 is 1.70 bits per heavy atom. The van der Waals surface area contributed by atoms with Crippen molar-refractivity contribution in [3.63, 3.8) is 0 Å². The second-order valence-electron chi connectivity index (χ2n) is 5.78. The minimum absolute atomic E-state index is 0.244. The van der Waals surface area contributed by atoms with Crippen LogP contribution in [0.1, 0.15) is 0 Å². The highest BCUT2D eigenvalue weighted by atomic mass is 32.2. The molecule has 1 unspecified atom stereocenters. The Labute approximate surface area is 159 Å². The minimum atomic E-state index is -4.37. The normalized spacial score (nSPS) is 12.1. The molecule has 27 heavy (non-hydrogen) atoms. The van der Waals surface area contributed by atoms with Crippen LogP contribution in [0, 0.1) is 0 Å². The standard InChI is InChI=1S/C18H15O6PS2/c19-26(20,21)14-6-1-4-12(10-14)16-8-3-9-17(25)18(16)13-5-2-7-15(11-13)27(22,23)24/h1-11H,25H2,(H,19,20,21)(H,22,23,24). The van der Waals surface area contributed by atoms with Crippen LogP contribution in [0.5, 0.6) is 0 Å². The molecule has 3 aromatic rings. The lowest BCUT2D eigenvalue weighted by molar-refractivity contribution is 0.481. The van der Waals surface area contributed by atoms with E-state index in [-0.39, 0.29) is 9.79 Å².